The topological polar surface area (TPSA) is 0 Å². The van der Waals surface area contributed by atoms with Crippen LogP contribution in [-0.2, 0) is 5.41 Å². The van der Waals surface area contributed by atoms with E-state index in [1.54, 1.807) is 34.8 Å². The summed E-state index contributed by atoms with van der Waals surface area (Å²) in [6.45, 7) is 0. The van der Waals surface area contributed by atoms with E-state index >= 15 is 8.78 Å². The highest BCUT2D eigenvalue weighted by Crippen LogP contribution is 2.67. The average Bonchev–Trinajstić information content (AvgIpc) is 3.72. The molecule has 204 valence electrons. The van der Waals surface area contributed by atoms with Gasteiger partial charge in [0.25, 0.3) is 0 Å². The Hall–Kier alpha value is -3.42. The monoisotopic (exact) mass is 720 g/mol. The van der Waals surface area contributed by atoms with E-state index in [9.17, 15) is 0 Å². The van der Waals surface area contributed by atoms with Gasteiger partial charge in [-0.2, -0.15) is 0 Å². The van der Waals surface area contributed by atoms with Crippen molar-refractivity contribution in [1.29, 1.82) is 0 Å². The quantitative estimate of drug-likeness (QED) is 0.146. The summed E-state index contributed by atoms with van der Waals surface area (Å²) in [7, 11) is 0. The molecule has 8 aromatic rings. The summed E-state index contributed by atoms with van der Waals surface area (Å²) in [5, 5.41) is 4.76. The number of hydrogen-bond acceptors (Lipinski definition) is 2. The van der Waals surface area contributed by atoms with Crippen LogP contribution in [0.3, 0.4) is 0 Å². The second-order valence-electron chi connectivity index (χ2n) is 11.3. The van der Waals surface area contributed by atoms with Gasteiger partial charge in [0.2, 0.25) is 0 Å². The molecule has 0 saturated heterocycles. The Kier molecular flexibility index (Phi) is 4.87. The normalized spacial score (nSPS) is 14.2. The molecule has 0 amide bonds. The average molecular weight is 722 g/mol. The van der Waals surface area contributed by atoms with Gasteiger partial charge >= 0.3 is 0 Å². The van der Waals surface area contributed by atoms with Gasteiger partial charge in [0.05, 0.1) is 5.41 Å². The fourth-order valence-corrected chi connectivity index (χ4v) is 11.9. The maximum Gasteiger partial charge on any atom is 0.123 e. The van der Waals surface area contributed by atoms with Crippen LogP contribution < -0.4 is 0 Å². The van der Waals surface area contributed by atoms with Crippen LogP contribution in [0.25, 0.3) is 62.6 Å². The molecule has 0 nitrogen and oxygen atoms in total. The molecule has 6 heteroatoms. The highest BCUT2D eigenvalue weighted by atomic mass is 79.9. The van der Waals surface area contributed by atoms with Crippen LogP contribution >= 0.6 is 54.5 Å². The molecule has 0 bridgehead atoms. The highest BCUT2D eigenvalue weighted by molar-refractivity contribution is 9.11. The van der Waals surface area contributed by atoms with Crippen LogP contribution in [0, 0.1) is 11.6 Å². The second-order valence-corrected chi connectivity index (χ2v) is 15.1. The maximum absolute atomic E-state index is 15.3. The lowest BCUT2D eigenvalue weighted by atomic mass is 9.70. The summed E-state index contributed by atoms with van der Waals surface area (Å²) < 4.78 is 37.4. The molecule has 2 heterocycles. The van der Waals surface area contributed by atoms with Gasteiger partial charge in [-0.1, -0.05) is 80.4 Å². The molecule has 2 aliphatic carbocycles. The minimum absolute atomic E-state index is 0.301. The molecule has 1 spiro atoms. The Morgan fingerprint density at radius 3 is 1.42 bits per heavy atom. The first kappa shape index (κ1) is 25.0. The number of rotatable bonds is 0. The predicted molar refractivity (Wildman–Crippen MR) is 184 cm³/mol. The van der Waals surface area contributed by atoms with Crippen molar-refractivity contribution in [2.24, 2.45) is 0 Å². The Morgan fingerprint density at radius 2 is 0.953 bits per heavy atom. The van der Waals surface area contributed by atoms with Gasteiger partial charge in [-0.15, -0.1) is 22.7 Å². The zero-order chi connectivity index (χ0) is 28.8. The second kappa shape index (κ2) is 8.39. The molecule has 2 aliphatic rings. The minimum Gasteiger partial charge on any atom is -0.207 e. The van der Waals surface area contributed by atoms with Crippen molar-refractivity contribution in [2.75, 3.05) is 0 Å². The van der Waals surface area contributed by atoms with Crippen molar-refractivity contribution in [3.05, 3.63) is 140 Å². The third-order valence-corrected chi connectivity index (χ3v) is 13.0. The van der Waals surface area contributed by atoms with Crippen LogP contribution in [0.1, 0.15) is 22.3 Å². The summed E-state index contributed by atoms with van der Waals surface area (Å²) in [5.41, 5.74) is 7.13. The molecule has 2 aromatic heterocycles. The van der Waals surface area contributed by atoms with Crippen LogP contribution in [-0.4, -0.2) is 0 Å². The highest BCUT2D eigenvalue weighted by Gasteiger charge is 2.54. The third kappa shape index (κ3) is 2.94. The molecule has 6 aromatic carbocycles. The molecule has 10 rings (SSSR count). The summed E-state index contributed by atoms with van der Waals surface area (Å²) in [5.74, 6) is -0.601. The van der Waals surface area contributed by atoms with Gasteiger partial charge in [-0.05, 0) is 81.9 Å². The first-order chi connectivity index (χ1) is 21.0. The lowest BCUT2D eigenvalue weighted by Crippen LogP contribution is -2.26. The van der Waals surface area contributed by atoms with Crippen molar-refractivity contribution in [3.8, 4) is 22.3 Å². The van der Waals surface area contributed by atoms with Gasteiger partial charge in [-0.25, -0.2) is 8.78 Å². The Morgan fingerprint density at radius 1 is 0.512 bits per heavy atom. The number of thiophene rings is 2. The van der Waals surface area contributed by atoms with Crippen LogP contribution in [0.5, 0.6) is 0 Å². The molecule has 0 unspecified atom stereocenters. The van der Waals surface area contributed by atoms with E-state index in [-0.39, 0.29) is 11.6 Å². The van der Waals surface area contributed by atoms with E-state index in [4.69, 9.17) is 0 Å². The summed E-state index contributed by atoms with van der Waals surface area (Å²) in [6.07, 6.45) is 0. The largest absolute Gasteiger partial charge is 0.207 e. The van der Waals surface area contributed by atoms with Crippen molar-refractivity contribution in [1.82, 2.24) is 0 Å². The predicted octanol–water partition coefficient (Wildman–Crippen LogP) is 12.6. The molecule has 0 radical (unpaired) electrons. The SMILES string of the molecule is Fc1ccc2c(c1)C1(c3cc(F)ccc3-2)c2cc(Br)c3c(sc4ccccc43)c2-c2c1cc(Br)c1c2sc2ccccc21. The first-order valence-electron chi connectivity index (χ1n) is 13.9. The lowest BCUT2D eigenvalue weighted by molar-refractivity contribution is 0.618. The van der Waals surface area contributed by atoms with Crippen LogP contribution in [0.4, 0.5) is 8.78 Å². The summed E-state index contributed by atoms with van der Waals surface area (Å²) >= 11 is 11.5. The molecule has 0 N–H and O–H groups in total. The zero-order valence-electron chi connectivity index (χ0n) is 22.1. The Bertz CT molecular complexity index is 2400. The number of halogens is 4. The first-order valence-corrected chi connectivity index (χ1v) is 17.1. The molecule has 0 aliphatic heterocycles. The van der Waals surface area contributed by atoms with E-state index in [0.717, 1.165) is 53.5 Å². The fourth-order valence-electron chi connectivity index (χ4n) is 7.79. The Balaban J connectivity index is 1.52. The van der Waals surface area contributed by atoms with E-state index < -0.39 is 5.41 Å². The van der Waals surface area contributed by atoms with Crippen molar-refractivity contribution < 1.29 is 8.78 Å². The van der Waals surface area contributed by atoms with Crippen molar-refractivity contribution in [2.45, 2.75) is 5.41 Å². The molecule has 0 fully saturated rings. The summed E-state index contributed by atoms with van der Waals surface area (Å²) in [4.78, 5) is 0. The molecular formula is C37H16Br2F2S2. The van der Waals surface area contributed by atoms with Gasteiger partial charge in [-0.3, -0.25) is 0 Å². The lowest BCUT2D eigenvalue weighted by Gasteiger charge is -2.31. The van der Waals surface area contributed by atoms with Crippen LogP contribution in [0.15, 0.2) is 106 Å². The van der Waals surface area contributed by atoms with Crippen molar-refractivity contribution >= 4 is 94.9 Å². The third-order valence-electron chi connectivity index (χ3n) is 9.32. The Labute approximate surface area is 269 Å². The van der Waals surface area contributed by atoms with Gasteiger partial charge in [0.1, 0.15) is 11.6 Å². The van der Waals surface area contributed by atoms with Gasteiger partial charge < -0.3 is 0 Å². The number of fused-ring (bicyclic) bond motifs is 18. The van der Waals surface area contributed by atoms with E-state index in [2.05, 4.69) is 92.5 Å². The maximum atomic E-state index is 15.3. The number of hydrogen-bond donors (Lipinski definition) is 0. The molecule has 0 saturated carbocycles. The van der Waals surface area contributed by atoms with E-state index in [1.165, 1.54) is 52.5 Å². The van der Waals surface area contributed by atoms with Gasteiger partial charge in [0, 0.05) is 60.4 Å². The minimum atomic E-state index is -0.890. The molecular weight excluding hydrogens is 706 g/mol. The van der Waals surface area contributed by atoms with E-state index in [1.807, 2.05) is 12.1 Å². The number of benzene rings is 6. The summed E-state index contributed by atoms with van der Waals surface area (Å²) in [6, 6.07) is 31.5. The zero-order valence-corrected chi connectivity index (χ0v) is 26.9. The van der Waals surface area contributed by atoms with Crippen LogP contribution in [0.2, 0.25) is 0 Å². The standard InChI is InChI=1S/C37H16Br2F2S2/c38-27-15-25-33(35-31(27)21-5-1-3-7-29(21)42-35)34-26(16-28(39)32-22-6-2-4-8-30(22)43-36(32)34)37(25)23-13-17(40)9-11-19(23)20-12-10-18(41)14-24(20)37/h1-16H. The molecule has 43 heavy (non-hydrogen) atoms. The van der Waals surface area contributed by atoms with E-state index in [0.29, 0.717) is 0 Å². The van der Waals surface area contributed by atoms with Crippen molar-refractivity contribution in [3.63, 3.8) is 0 Å². The smallest absolute Gasteiger partial charge is 0.123 e. The molecule has 0 atom stereocenters. The fraction of sp³-hybridized carbons (Fsp3) is 0.0270. The van der Waals surface area contributed by atoms with Gasteiger partial charge in [0.15, 0.2) is 0 Å².